The number of aliphatic hydroxyl groups is 1. The van der Waals surface area contributed by atoms with Crippen LogP contribution in [0.5, 0.6) is 0 Å². The van der Waals surface area contributed by atoms with E-state index in [-0.39, 0.29) is 13.0 Å². The van der Waals surface area contributed by atoms with E-state index in [9.17, 15) is 14.7 Å². The van der Waals surface area contributed by atoms with E-state index in [0.29, 0.717) is 10.7 Å². The fourth-order valence-corrected chi connectivity index (χ4v) is 1.98. The van der Waals surface area contributed by atoms with Crippen molar-refractivity contribution in [3.8, 4) is 0 Å². The highest BCUT2D eigenvalue weighted by Crippen LogP contribution is 2.29. The summed E-state index contributed by atoms with van der Waals surface area (Å²) in [6.07, 6.45) is -0.131. The number of rotatable bonds is 2. The third-order valence-corrected chi connectivity index (χ3v) is 3.00. The van der Waals surface area contributed by atoms with Crippen LogP contribution in [0.3, 0.4) is 0 Å². The number of benzene rings is 1. The first kappa shape index (κ1) is 11.9. The number of hydrogen-bond acceptors (Lipinski definition) is 3. The van der Waals surface area contributed by atoms with Crippen LogP contribution in [-0.4, -0.2) is 34.2 Å². The lowest BCUT2D eigenvalue weighted by atomic mass is 10.0. The summed E-state index contributed by atoms with van der Waals surface area (Å²) in [5, 5.41) is 19.0. The molecule has 0 bridgehead atoms. The first-order valence-electron chi connectivity index (χ1n) is 4.98. The summed E-state index contributed by atoms with van der Waals surface area (Å²) in [6.45, 7) is 0.155. The molecule has 6 heteroatoms. The molecule has 0 spiro atoms. The van der Waals surface area contributed by atoms with E-state index in [4.69, 9.17) is 16.7 Å². The largest absolute Gasteiger partial charge is 0.479 e. The van der Waals surface area contributed by atoms with Crippen molar-refractivity contribution in [2.75, 3.05) is 11.4 Å². The number of hydrogen-bond donors (Lipinski definition) is 2. The molecular formula is C11H10ClNO4. The quantitative estimate of drug-likeness (QED) is 0.770. The first-order valence-corrected chi connectivity index (χ1v) is 5.36. The molecule has 0 aromatic heterocycles. The predicted molar refractivity (Wildman–Crippen MR) is 61.0 cm³/mol. The van der Waals surface area contributed by atoms with Crippen LogP contribution in [0, 0.1) is 0 Å². The molecule has 1 aliphatic rings. The van der Waals surface area contributed by atoms with Gasteiger partial charge in [0.25, 0.3) is 5.91 Å². The van der Waals surface area contributed by atoms with Crippen molar-refractivity contribution in [2.45, 2.75) is 12.0 Å². The minimum Gasteiger partial charge on any atom is -0.479 e. The maximum Gasteiger partial charge on any atom is 0.345 e. The number of amides is 1. The van der Waals surface area contributed by atoms with Crippen molar-refractivity contribution < 1.29 is 19.8 Å². The maximum atomic E-state index is 11.8. The fraction of sp³-hybridized carbons (Fsp3) is 0.273. The molecule has 1 aliphatic heterocycles. The van der Waals surface area contributed by atoms with Crippen LogP contribution in [0.1, 0.15) is 6.42 Å². The molecule has 90 valence electrons. The average molecular weight is 256 g/mol. The number of nitrogens with zero attached hydrogens (tertiary/aromatic N) is 1. The molecule has 1 heterocycles. The zero-order valence-corrected chi connectivity index (χ0v) is 9.52. The Labute approximate surface area is 102 Å². The molecule has 0 aliphatic carbocycles. The third-order valence-electron chi connectivity index (χ3n) is 2.77. The van der Waals surface area contributed by atoms with Gasteiger partial charge in [-0.2, -0.15) is 0 Å². The summed E-state index contributed by atoms with van der Waals surface area (Å²) in [6, 6.07) is 6.49. The molecule has 5 nitrogen and oxygen atoms in total. The van der Waals surface area contributed by atoms with Crippen molar-refractivity contribution in [1.82, 2.24) is 0 Å². The molecular weight excluding hydrogens is 246 g/mol. The predicted octanol–water partition coefficient (Wildman–Crippen LogP) is 0.892. The van der Waals surface area contributed by atoms with E-state index in [1.54, 1.807) is 24.3 Å². The molecule has 0 radical (unpaired) electrons. The SMILES string of the molecule is O=C(O)[C@@]1(O)CCN(c2cccc(Cl)c2)C1=O. The van der Waals surface area contributed by atoms with E-state index in [2.05, 4.69) is 0 Å². The molecule has 1 saturated heterocycles. The molecule has 1 aromatic rings. The van der Waals surface area contributed by atoms with Gasteiger partial charge in [-0.15, -0.1) is 0 Å². The lowest BCUT2D eigenvalue weighted by molar-refractivity contribution is -0.162. The van der Waals surface area contributed by atoms with Crippen molar-refractivity contribution >= 4 is 29.2 Å². The highest BCUT2D eigenvalue weighted by Gasteiger charge is 2.52. The van der Waals surface area contributed by atoms with Crippen molar-refractivity contribution in [2.24, 2.45) is 0 Å². The first-order chi connectivity index (χ1) is 7.95. The molecule has 2 N–H and O–H groups in total. The highest BCUT2D eigenvalue weighted by molar-refractivity contribution is 6.31. The monoisotopic (exact) mass is 255 g/mol. The van der Waals surface area contributed by atoms with Crippen molar-refractivity contribution in [3.63, 3.8) is 0 Å². The number of anilines is 1. The van der Waals surface area contributed by atoms with Crippen LogP contribution in [0.2, 0.25) is 5.02 Å². The smallest absolute Gasteiger partial charge is 0.345 e. The Balaban J connectivity index is 2.33. The molecule has 1 fully saturated rings. The van der Waals surface area contributed by atoms with Crippen LogP contribution < -0.4 is 4.90 Å². The lowest BCUT2D eigenvalue weighted by Gasteiger charge is -2.19. The number of carbonyl (C=O) groups is 2. The summed E-state index contributed by atoms with van der Waals surface area (Å²) in [5.41, 5.74) is -1.83. The van der Waals surface area contributed by atoms with Crippen LogP contribution in [0.25, 0.3) is 0 Å². The molecule has 1 amide bonds. The molecule has 1 atom stereocenters. The van der Waals surface area contributed by atoms with Crippen LogP contribution >= 0.6 is 11.6 Å². The van der Waals surface area contributed by atoms with Gasteiger partial charge < -0.3 is 15.1 Å². The zero-order valence-electron chi connectivity index (χ0n) is 8.76. The Morgan fingerprint density at radius 3 is 2.71 bits per heavy atom. The van der Waals surface area contributed by atoms with E-state index < -0.39 is 17.5 Å². The van der Waals surface area contributed by atoms with Gasteiger partial charge in [0.1, 0.15) is 0 Å². The topological polar surface area (TPSA) is 77.8 Å². The zero-order chi connectivity index (χ0) is 12.6. The second-order valence-electron chi connectivity index (χ2n) is 3.85. The number of aliphatic carboxylic acids is 1. The van der Waals surface area contributed by atoms with Crippen LogP contribution in [0.4, 0.5) is 5.69 Å². The minimum absolute atomic E-state index is 0.131. The standard InChI is InChI=1S/C11H10ClNO4/c12-7-2-1-3-8(6-7)13-5-4-11(17,9(13)14)10(15)16/h1-3,6,17H,4-5H2,(H,15,16)/t11-/m1/s1. The van der Waals surface area contributed by atoms with Crippen molar-refractivity contribution in [1.29, 1.82) is 0 Å². The van der Waals surface area contributed by atoms with Gasteiger partial charge in [0.05, 0.1) is 0 Å². The van der Waals surface area contributed by atoms with Gasteiger partial charge in [0.2, 0.25) is 5.60 Å². The fourth-order valence-electron chi connectivity index (χ4n) is 1.79. The van der Waals surface area contributed by atoms with E-state index in [0.717, 1.165) is 0 Å². The Morgan fingerprint density at radius 1 is 1.47 bits per heavy atom. The summed E-state index contributed by atoms with van der Waals surface area (Å²) in [5.74, 6) is -2.35. The second-order valence-corrected chi connectivity index (χ2v) is 4.29. The van der Waals surface area contributed by atoms with Gasteiger partial charge in [-0.05, 0) is 18.2 Å². The Kier molecular flexibility index (Phi) is 2.81. The molecule has 0 unspecified atom stereocenters. The lowest BCUT2D eigenvalue weighted by Crippen LogP contribution is -2.46. The summed E-state index contributed by atoms with van der Waals surface area (Å²) in [4.78, 5) is 23.9. The Hall–Kier alpha value is -1.59. The number of carboxylic acids is 1. The average Bonchev–Trinajstić information content (AvgIpc) is 2.57. The van der Waals surface area contributed by atoms with Gasteiger partial charge in [0, 0.05) is 23.7 Å². The number of carboxylic acid groups (broad SMARTS) is 1. The maximum absolute atomic E-state index is 11.8. The van der Waals surface area contributed by atoms with Crippen LogP contribution in [0.15, 0.2) is 24.3 Å². The molecule has 17 heavy (non-hydrogen) atoms. The highest BCUT2D eigenvalue weighted by atomic mass is 35.5. The number of halogens is 1. The Bertz CT molecular complexity index is 490. The van der Waals surface area contributed by atoms with E-state index in [1.165, 1.54) is 4.90 Å². The second kappa shape index (κ2) is 4.01. The van der Waals surface area contributed by atoms with Gasteiger partial charge in [-0.25, -0.2) is 4.79 Å². The summed E-state index contributed by atoms with van der Waals surface area (Å²) in [7, 11) is 0. The molecule has 0 saturated carbocycles. The van der Waals surface area contributed by atoms with Gasteiger partial charge >= 0.3 is 5.97 Å². The minimum atomic E-state index is -2.32. The molecule has 2 rings (SSSR count). The number of carbonyl (C=O) groups excluding carboxylic acids is 1. The third kappa shape index (κ3) is 1.87. The van der Waals surface area contributed by atoms with Gasteiger partial charge in [-0.3, -0.25) is 4.79 Å². The van der Waals surface area contributed by atoms with Crippen LogP contribution in [-0.2, 0) is 9.59 Å². The molecule has 1 aromatic carbocycles. The summed E-state index contributed by atoms with van der Waals surface area (Å²) < 4.78 is 0. The van der Waals surface area contributed by atoms with E-state index >= 15 is 0 Å². The van der Waals surface area contributed by atoms with Crippen molar-refractivity contribution in [3.05, 3.63) is 29.3 Å². The van der Waals surface area contributed by atoms with Gasteiger partial charge in [0.15, 0.2) is 0 Å². The van der Waals surface area contributed by atoms with E-state index in [1.807, 2.05) is 0 Å². The Morgan fingerprint density at radius 2 is 2.18 bits per heavy atom. The van der Waals surface area contributed by atoms with Gasteiger partial charge in [-0.1, -0.05) is 17.7 Å². The summed E-state index contributed by atoms with van der Waals surface area (Å²) >= 11 is 5.79. The normalized spacial score (nSPS) is 24.1.